The molecule has 0 fully saturated rings. The van der Waals surface area contributed by atoms with Crippen LogP contribution in [0.3, 0.4) is 0 Å². The van der Waals surface area contributed by atoms with Crippen LogP contribution in [-0.2, 0) is 9.47 Å². The quantitative estimate of drug-likeness (QED) is 0.0452. The summed E-state index contributed by atoms with van der Waals surface area (Å²) in [7, 11) is 1.00. The van der Waals surface area contributed by atoms with E-state index in [0.29, 0.717) is 34.8 Å². The van der Waals surface area contributed by atoms with Gasteiger partial charge in [0.2, 0.25) is 11.9 Å². The van der Waals surface area contributed by atoms with Crippen LogP contribution in [0.4, 0.5) is 67.5 Å². The Labute approximate surface area is 358 Å². The molecule has 21 heteroatoms. The number of carbonyl (C=O) groups excluding carboxylic acids is 2. The first-order chi connectivity index (χ1) is 29.2. The van der Waals surface area contributed by atoms with Gasteiger partial charge in [0.25, 0.3) is 5.69 Å². The van der Waals surface area contributed by atoms with Crippen molar-refractivity contribution in [1.82, 2.24) is 40.3 Å². The summed E-state index contributed by atoms with van der Waals surface area (Å²) in [4.78, 5) is 56.2. The Morgan fingerprint density at radius 1 is 0.677 bits per heavy atom. The molecule has 0 bridgehead atoms. The number of anilines is 9. The number of carbonyl (C=O) groups is 2. The Bertz CT molecular complexity index is 2490. The maximum atomic E-state index is 12.9. The van der Waals surface area contributed by atoms with E-state index in [2.05, 4.69) is 51.0 Å². The van der Waals surface area contributed by atoms with Crippen LogP contribution in [0.5, 0.6) is 0 Å². The van der Waals surface area contributed by atoms with Gasteiger partial charge in [-0.3, -0.25) is 20.3 Å². The zero-order valence-corrected chi connectivity index (χ0v) is 36.4. The number of aromatic nitrogens is 8. The Hall–Kier alpha value is -7.68. The number of rotatable bonds is 9. The average molecular weight is 853 g/mol. The lowest BCUT2D eigenvalue weighted by Gasteiger charge is -2.25. The summed E-state index contributed by atoms with van der Waals surface area (Å²) in [6, 6.07) is 16.5. The monoisotopic (exact) mass is 852 g/mol. The summed E-state index contributed by atoms with van der Waals surface area (Å²) in [5.74, 6) is 1.70. The van der Waals surface area contributed by atoms with Gasteiger partial charge >= 0.3 is 12.2 Å². The van der Waals surface area contributed by atoms with Crippen molar-refractivity contribution in [3.05, 3.63) is 106 Å². The number of ether oxygens (including phenoxy) is 2. The van der Waals surface area contributed by atoms with E-state index in [1.165, 1.54) is 28.1 Å². The van der Waals surface area contributed by atoms with Crippen molar-refractivity contribution in [1.29, 1.82) is 0 Å². The summed E-state index contributed by atoms with van der Waals surface area (Å²) in [5.41, 5.74) is 9.60. The summed E-state index contributed by atoms with van der Waals surface area (Å²) in [6.45, 7) is 18.1. The molecule has 0 saturated heterocycles. The minimum absolute atomic E-state index is 0.0633. The second-order valence-electron chi connectivity index (χ2n) is 15.5. The molecule has 0 atom stereocenters. The summed E-state index contributed by atoms with van der Waals surface area (Å²) >= 11 is 0. The van der Waals surface area contributed by atoms with Gasteiger partial charge < -0.3 is 30.9 Å². The molecule has 62 heavy (non-hydrogen) atoms. The highest BCUT2D eigenvalue weighted by Gasteiger charge is 2.29. The van der Waals surface area contributed by atoms with E-state index in [9.17, 15) is 19.7 Å². The molecule has 2 aromatic carbocycles. The molecule has 6 aromatic rings. The largest absolute Gasteiger partial charge is 0.443 e. The SMILES string of the molecule is CO.Cc1cc(N(C(=O)OC(C)(C)C)c2ccnc(Nc3cc(N)ccc3C)n2)n[nH]1.Cc1cc(N(C(=O)OC(C)(C)C)c2ccnc(Nc3cc([N+](=O)[O-])ccc3C)n2)n[nH]1. The molecule has 0 saturated carbocycles. The first kappa shape index (κ1) is 47.0. The number of aryl methyl sites for hydroxylation is 4. The normalized spacial score (nSPS) is 10.9. The smallest absolute Gasteiger partial charge is 0.422 e. The first-order valence-corrected chi connectivity index (χ1v) is 19.0. The second-order valence-corrected chi connectivity index (χ2v) is 15.5. The second kappa shape index (κ2) is 20.1. The van der Waals surface area contributed by atoms with Crippen molar-refractivity contribution in [2.24, 2.45) is 0 Å². The molecule has 0 radical (unpaired) electrons. The number of amides is 2. The van der Waals surface area contributed by atoms with Crippen LogP contribution >= 0.6 is 0 Å². The Kier molecular flexibility index (Phi) is 15.2. The van der Waals surface area contributed by atoms with Crippen molar-refractivity contribution in [2.75, 3.05) is 33.3 Å². The Balaban J connectivity index is 0.000000263. The third kappa shape index (κ3) is 13.2. The van der Waals surface area contributed by atoms with Crippen molar-refractivity contribution in [3.8, 4) is 0 Å². The third-order valence-corrected chi connectivity index (χ3v) is 7.92. The number of nitro benzene ring substituents is 1. The van der Waals surface area contributed by atoms with Crippen LogP contribution in [0.1, 0.15) is 64.1 Å². The summed E-state index contributed by atoms with van der Waals surface area (Å²) in [6.07, 6.45) is 1.78. The van der Waals surface area contributed by atoms with E-state index < -0.39 is 28.3 Å². The molecule has 0 unspecified atom stereocenters. The maximum absolute atomic E-state index is 12.9. The zero-order valence-electron chi connectivity index (χ0n) is 36.4. The minimum atomic E-state index is -0.727. The number of aliphatic hydroxyl groups is 1. The van der Waals surface area contributed by atoms with Crippen LogP contribution in [0, 0.1) is 37.8 Å². The van der Waals surface area contributed by atoms with Gasteiger partial charge in [0.15, 0.2) is 11.6 Å². The van der Waals surface area contributed by atoms with Crippen LogP contribution in [-0.4, -0.2) is 80.9 Å². The minimum Gasteiger partial charge on any atom is -0.443 e. The first-order valence-electron chi connectivity index (χ1n) is 19.0. The number of hydrogen-bond acceptors (Lipinski definition) is 16. The number of nitrogen functional groups attached to an aromatic ring is 1. The van der Waals surface area contributed by atoms with Gasteiger partial charge in [0.1, 0.15) is 22.8 Å². The molecule has 7 N–H and O–H groups in total. The van der Waals surface area contributed by atoms with Gasteiger partial charge in [-0.15, -0.1) is 0 Å². The van der Waals surface area contributed by atoms with Crippen molar-refractivity contribution in [2.45, 2.75) is 80.4 Å². The van der Waals surface area contributed by atoms with E-state index in [0.717, 1.165) is 35.3 Å². The standard InChI is InChI=1S/C20H23N7O4.C20H25N7O2.CH4O/c1-12-6-7-14(27(29)30)11-15(12)22-18-21-9-8-16(23-18)26(17-10-13(2)24-25-17)19(28)31-20(3,4)5;1-12-6-7-14(21)11-15(12)23-18-22-9-8-16(24-18)27(17-10-13(2)25-26-17)19(28)29-20(3,4)5;1-2/h6-11H,1-5H3,(H,24,25)(H,21,22,23);6-11H,21H2,1-5H3,(H,25,26)(H,22,23,24);2H,1H3. The number of nitrogens with one attached hydrogen (secondary N) is 4. The molecular formula is C41H52N14O7. The van der Waals surface area contributed by atoms with Crippen LogP contribution in [0.25, 0.3) is 0 Å². The Morgan fingerprint density at radius 2 is 1.10 bits per heavy atom. The molecule has 21 nitrogen and oxygen atoms in total. The van der Waals surface area contributed by atoms with Crippen molar-refractivity contribution in [3.63, 3.8) is 0 Å². The van der Waals surface area contributed by atoms with Gasteiger partial charge in [0.05, 0.1) is 10.6 Å². The summed E-state index contributed by atoms with van der Waals surface area (Å²) < 4.78 is 11.1. The number of non-ortho nitro benzene ring substituents is 1. The number of benzene rings is 2. The van der Waals surface area contributed by atoms with Gasteiger partial charge in [-0.1, -0.05) is 12.1 Å². The highest BCUT2D eigenvalue weighted by atomic mass is 16.6. The number of aliphatic hydroxyl groups excluding tert-OH is 1. The fourth-order valence-corrected chi connectivity index (χ4v) is 5.20. The van der Waals surface area contributed by atoms with Gasteiger partial charge in [-0.2, -0.15) is 20.2 Å². The van der Waals surface area contributed by atoms with Crippen LogP contribution in [0.2, 0.25) is 0 Å². The van der Waals surface area contributed by atoms with E-state index in [4.69, 9.17) is 20.3 Å². The molecule has 0 spiro atoms. The van der Waals surface area contributed by atoms with Crippen LogP contribution < -0.4 is 26.2 Å². The van der Waals surface area contributed by atoms with Crippen molar-refractivity contribution < 1.29 is 29.1 Å². The molecular weight excluding hydrogens is 801 g/mol. The highest BCUT2D eigenvalue weighted by Crippen LogP contribution is 2.30. The third-order valence-electron chi connectivity index (χ3n) is 7.92. The summed E-state index contributed by atoms with van der Waals surface area (Å²) in [5, 5.41) is 38.2. The Morgan fingerprint density at radius 3 is 1.48 bits per heavy atom. The van der Waals surface area contributed by atoms with Gasteiger partial charge in [0, 0.05) is 78.7 Å². The molecule has 4 heterocycles. The molecule has 0 aliphatic rings. The fourth-order valence-electron chi connectivity index (χ4n) is 5.20. The van der Waals surface area contributed by atoms with Crippen molar-refractivity contribution >= 4 is 70.1 Å². The molecule has 4 aromatic heterocycles. The fraction of sp³-hybridized carbons (Fsp3) is 0.317. The molecule has 6 rings (SSSR count). The lowest BCUT2D eigenvalue weighted by Crippen LogP contribution is -2.34. The van der Waals surface area contributed by atoms with E-state index in [1.54, 1.807) is 91.1 Å². The molecule has 2 amide bonds. The number of H-pyrrole nitrogens is 2. The van der Waals surface area contributed by atoms with Gasteiger partial charge in [-0.05, 0) is 92.5 Å². The predicted octanol–water partition coefficient (Wildman–Crippen LogP) is 8.37. The van der Waals surface area contributed by atoms with E-state index >= 15 is 0 Å². The van der Waals surface area contributed by atoms with Gasteiger partial charge in [-0.25, -0.2) is 29.4 Å². The number of nitrogens with zero attached hydrogens (tertiary/aromatic N) is 9. The highest BCUT2D eigenvalue weighted by molar-refractivity contribution is 5.95. The lowest BCUT2D eigenvalue weighted by atomic mass is 10.2. The zero-order chi connectivity index (χ0) is 45.9. The number of aromatic amines is 2. The number of hydrogen-bond donors (Lipinski definition) is 6. The molecule has 328 valence electrons. The maximum Gasteiger partial charge on any atom is 0.422 e. The van der Waals surface area contributed by atoms with E-state index in [-0.39, 0.29) is 17.5 Å². The molecule has 0 aliphatic heterocycles. The number of nitrogens with two attached hydrogens (primary N) is 1. The number of nitro groups is 1. The van der Waals surface area contributed by atoms with Crippen LogP contribution in [0.15, 0.2) is 73.1 Å². The molecule has 0 aliphatic carbocycles. The van der Waals surface area contributed by atoms with E-state index in [1.807, 2.05) is 32.9 Å². The lowest BCUT2D eigenvalue weighted by molar-refractivity contribution is -0.384. The topological polar surface area (TPSA) is 281 Å². The predicted molar refractivity (Wildman–Crippen MR) is 236 cm³/mol. The average Bonchev–Trinajstić information content (AvgIpc) is 3.81.